The van der Waals surface area contributed by atoms with E-state index < -0.39 is 25.8 Å². The highest BCUT2D eigenvalue weighted by Crippen LogP contribution is 2.20. The second-order valence-electron chi connectivity index (χ2n) is 6.29. The summed E-state index contributed by atoms with van der Waals surface area (Å²) in [5, 5.41) is 2.63. The Balaban J connectivity index is 1.79. The zero-order chi connectivity index (χ0) is 20.4. The predicted molar refractivity (Wildman–Crippen MR) is 104 cm³/mol. The standard InChI is InChI=1S/C18H20N2O6S2/c1-27(22,23)16-7-5-15(6-8-16)19-18(21)14-3-2-4-17(13-14)28(24,25)20-9-11-26-12-10-20/h2-8,13H,9-12H2,1H3,(H,19,21). The van der Waals surface area contributed by atoms with Gasteiger partial charge in [0, 0.05) is 30.6 Å². The number of rotatable bonds is 5. The van der Waals surface area contributed by atoms with Crippen molar-refractivity contribution >= 4 is 31.5 Å². The van der Waals surface area contributed by atoms with Gasteiger partial charge >= 0.3 is 0 Å². The normalized spacial score (nSPS) is 15.9. The van der Waals surface area contributed by atoms with Crippen LogP contribution in [0.4, 0.5) is 5.69 Å². The van der Waals surface area contributed by atoms with E-state index in [1.54, 1.807) is 0 Å². The van der Waals surface area contributed by atoms with Crippen LogP contribution in [0.5, 0.6) is 0 Å². The van der Waals surface area contributed by atoms with E-state index >= 15 is 0 Å². The van der Waals surface area contributed by atoms with Crippen LogP contribution in [0.2, 0.25) is 0 Å². The minimum absolute atomic E-state index is 0.0366. The van der Waals surface area contributed by atoms with Gasteiger partial charge in [0.15, 0.2) is 9.84 Å². The van der Waals surface area contributed by atoms with Crippen LogP contribution in [0.3, 0.4) is 0 Å². The maximum atomic E-state index is 12.7. The van der Waals surface area contributed by atoms with E-state index in [9.17, 15) is 21.6 Å². The molecule has 0 aliphatic carbocycles. The molecular formula is C18H20N2O6S2. The number of amides is 1. The summed E-state index contributed by atoms with van der Waals surface area (Å²) in [6.45, 7) is 1.21. The lowest BCUT2D eigenvalue weighted by atomic mass is 10.2. The van der Waals surface area contributed by atoms with Gasteiger partial charge in [-0.2, -0.15) is 4.31 Å². The Hall–Kier alpha value is -2.27. The minimum Gasteiger partial charge on any atom is -0.379 e. The summed E-state index contributed by atoms with van der Waals surface area (Å²) in [4.78, 5) is 12.7. The van der Waals surface area contributed by atoms with Crippen molar-refractivity contribution in [2.45, 2.75) is 9.79 Å². The number of nitrogens with zero attached hydrogens (tertiary/aromatic N) is 1. The van der Waals surface area contributed by atoms with Crippen LogP contribution < -0.4 is 5.32 Å². The van der Waals surface area contributed by atoms with Crippen LogP contribution in [-0.2, 0) is 24.6 Å². The van der Waals surface area contributed by atoms with Crippen LogP contribution in [0.25, 0.3) is 0 Å². The van der Waals surface area contributed by atoms with Crippen LogP contribution in [-0.4, -0.2) is 59.6 Å². The van der Waals surface area contributed by atoms with Gasteiger partial charge in [-0.3, -0.25) is 4.79 Å². The molecule has 1 heterocycles. The lowest BCUT2D eigenvalue weighted by molar-refractivity contribution is 0.0730. The van der Waals surface area contributed by atoms with Crippen molar-refractivity contribution in [1.29, 1.82) is 0 Å². The van der Waals surface area contributed by atoms with Crippen molar-refractivity contribution in [2.75, 3.05) is 37.9 Å². The van der Waals surface area contributed by atoms with E-state index in [0.717, 1.165) is 6.26 Å². The third kappa shape index (κ3) is 4.58. The molecule has 0 saturated carbocycles. The van der Waals surface area contributed by atoms with Gasteiger partial charge in [-0.1, -0.05) is 6.07 Å². The van der Waals surface area contributed by atoms with Gasteiger partial charge in [-0.25, -0.2) is 16.8 Å². The predicted octanol–water partition coefficient (Wildman–Crippen LogP) is 1.36. The van der Waals surface area contributed by atoms with E-state index in [2.05, 4.69) is 5.32 Å². The van der Waals surface area contributed by atoms with E-state index in [4.69, 9.17) is 4.74 Å². The van der Waals surface area contributed by atoms with Crippen molar-refractivity contribution in [2.24, 2.45) is 0 Å². The largest absolute Gasteiger partial charge is 0.379 e. The molecule has 1 fully saturated rings. The third-order valence-electron chi connectivity index (χ3n) is 4.24. The molecule has 150 valence electrons. The number of ether oxygens (including phenoxy) is 1. The molecule has 1 N–H and O–H groups in total. The van der Waals surface area contributed by atoms with Gasteiger partial charge in [0.25, 0.3) is 5.91 Å². The second kappa shape index (κ2) is 8.00. The number of nitrogens with one attached hydrogen (secondary N) is 1. The van der Waals surface area contributed by atoms with Crippen LogP contribution in [0, 0.1) is 0 Å². The Morgan fingerprint density at radius 1 is 0.964 bits per heavy atom. The molecule has 1 aliphatic heterocycles. The van der Waals surface area contributed by atoms with E-state index in [-0.39, 0.29) is 28.4 Å². The SMILES string of the molecule is CS(=O)(=O)c1ccc(NC(=O)c2cccc(S(=O)(=O)N3CCOCC3)c2)cc1. The smallest absolute Gasteiger partial charge is 0.255 e. The Morgan fingerprint density at radius 2 is 1.61 bits per heavy atom. The first-order valence-electron chi connectivity index (χ1n) is 8.47. The number of benzene rings is 2. The molecule has 0 radical (unpaired) electrons. The first-order valence-corrected chi connectivity index (χ1v) is 11.8. The number of hydrogen-bond acceptors (Lipinski definition) is 6. The summed E-state index contributed by atoms with van der Waals surface area (Å²) in [5.74, 6) is -0.494. The molecule has 2 aromatic carbocycles. The van der Waals surface area contributed by atoms with Gasteiger partial charge in [0.1, 0.15) is 0 Å². The molecule has 0 aromatic heterocycles. The fourth-order valence-electron chi connectivity index (χ4n) is 2.72. The number of anilines is 1. The molecule has 0 spiro atoms. The highest BCUT2D eigenvalue weighted by Gasteiger charge is 2.26. The number of sulfonamides is 1. The molecule has 3 rings (SSSR count). The van der Waals surface area contributed by atoms with Crippen molar-refractivity contribution in [3.63, 3.8) is 0 Å². The number of carbonyl (C=O) groups is 1. The van der Waals surface area contributed by atoms with Gasteiger partial charge in [-0.15, -0.1) is 0 Å². The molecule has 0 atom stereocenters. The lowest BCUT2D eigenvalue weighted by Crippen LogP contribution is -2.40. The molecule has 8 nitrogen and oxygen atoms in total. The Morgan fingerprint density at radius 3 is 2.21 bits per heavy atom. The first-order chi connectivity index (χ1) is 13.2. The number of hydrogen-bond donors (Lipinski definition) is 1. The molecule has 28 heavy (non-hydrogen) atoms. The number of sulfone groups is 1. The molecule has 1 amide bonds. The van der Waals surface area contributed by atoms with Gasteiger partial charge in [-0.05, 0) is 42.5 Å². The second-order valence-corrected chi connectivity index (χ2v) is 10.2. The maximum Gasteiger partial charge on any atom is 0.255 e. The highest BCUT2D eigenvalue weighted by molar-refractivity contribution is 7.90. The molecule has 0 bridgehead atoms. The Bertz CT molecular complexity index is 1070. The van der Waals surface area contributed by atoms with E-state index in [0.29, 0.717) is 18.9 Å². The minimum atomic E-state index is -3.71. The number of carbonyl (C=O) groups excluding carboxylic acids is 1. The lowest BCUT2D eigenvalue weighted by Gasteiger charge is -2.26. The molecule has 1 aliphatic rings. The molecule has 0 unspecified atom stereocenters. The third-order valence-corrected chi connectivity index (χ3v) is 7.27. The summed E-state index contributed by atoms with van der Waals surface area (Å²) in [5.41, 5.74) is 0.584. The topological polar surface area (TPSA) is 110 Å². The average molecular weight is 425 g/mol. The zero-order valence-electron chi connectivity index (χ0n) is 15.2. The van der Waals surface area contributed by atoms with Crippen LogP contribution in [0.15, 0.2) is 58.3 Å². The van der Waals surface area contributed by atoms with E-state index in [1.807, 2.05) is 0 Å². The van der Waals surface area contributed by atoms with Crippen molar-refractivity contribution < 1.29 is 26.4 Å². The fourth-order valence-corrected chi connectivity index (χ4v) is 4.81. The molecular weight excluding hydrogens is 404 g/mol. The summed E-state index contributed by atoms with van der Waals surface area (Å²) < 4.78 is 55.0. The highest BCUT2D eigenvalue weighted by atomic mass is 32.2. The van der Waals surface area contributed by atoms with Gasteiger partial charge < -0.3 is 10.1 Å². The van der Waals surface area contributed by atoms with Crippen molar-refractivity contribution in [1.82, 2.24) is 4.31 Å². The molecule has 2 aromatic rings. The van der Waals surface area contributed by atoms with Gasteiger partial charge in [0.2, 0.25) is 10.0 Å². The van der Waals surface area contributed by atoms with Crippen molar-refractivity contribution in [3.8, 4) is 0 Å². The van der Waals surface area contributed by atoms with E-state index in [1.165, 1.54) is 52.8 Å². The summed E-state index contributed by atoms with van der Waals surface area (Å²) >= 11 is 0. The first kappa shape index (κ1) is 20.5. The van der Waals surface area contributed by atoms with Crippen LogP contribution >= 0.6 is 0 Å². The quantitative estimate of drug-likeness (QED) is 0.776. The zero-order valence-corrected chi connectivity index (χ0v) is 16.8. The molecule has 1 saturated heterocycles. The average Bonchev–Trinajstić information content (AvgIpc) is 2.68. The van der Waals surface area contributed by atoms with Gasteiger partial charge in [0.05, 0.1) is 23.0 Å². The Kier molecular flexibility index (Phi) is 5.84. The summed E-state index contributed by atoms with van der Waals surface area (Å²) in [6.07, 6.45) is 1.10. The van der Waals surface area contributed by atoms with Crippen LogP contribution in [0.1, 0.15) is 10.4 Å². The summed E-state index contributed by atoms with van der Waals surface area (Å²) in [6, 6.07) is 11.5. The monoisotopic (exact) mass is 424 g/mol. The summed E-state index contributed by atoms with van der Waals surface area (Å²) in [7, 11) is -7.03. The maximum absolute atomic E-state index is 12.7. The van der Waals surface area contributed by atoms with Crippen molar-refractivity contribution in [3.05, 3.63) is 54.1 Å². The number of morpholine rings is 1. The Labute approximate surface area is 164 Å². The molecule has 10 heteroatoms. The fraction of sp³-hybridized carbons (Fsp3) is 0.278.